The molecular weight excluding hydrogens is 156 g/mol. The van der Waals surface area contributed by atoms with Gasteiger partial charge in [-0.25, -0.2) is 4.79 Å². The minimum Gasteiger partial charge on any atom is -0.480 e. The van der Waals surface area contributed by atoms with Gasteiger partial charge in [0.2, 0.25) is 0 Å². The fourth-order valence-electron chi connectivity index (χ4n) is 1.08. The molecule has 0 saturated carbocycles. The van der Waals surface area contributed by atoms with Crippen molar-refractivity contribution in [1.29, 1.82) is 0 Å². The molecule has 0 aromatic carbocycles. The third kappa shape index (κ3) is 1.64. The average Bonchev–Trinajstić information content (AvgIpc) is 2.37. The second kappa shape index (κ2) is 3.38. The summed E-state index contributed by atoms with van der Waals surface area (Å²) in [5, 5.41) is 12.7. The Kier molecular flexibility index (Phi) is 2.47. The monoisotopic (exact) mass is 168 g/mol. The van der Waals surface area contributed by atoms with Crippen LogP contribution >= 0.6 is 0 Å². The Morgan fingerprint density at radius 1 is 1.83 bits per heavy atom. The number of nitrogens with zero attached hydrogens (tertiary/aromatic N) is 2. The number of carboxylic acids is 1. The van der Waals surface area contributed by atoms with Gasteiger partial charge in [0.25, 0.3) is 0 Å². The van der Waals surface area contributed by atoms with Crippen LogP contribution in [0.1, 0.15) is 24.9 Å². The predicted octanol–water partition coefficient (Wildman–Crippen LogP) is 1.23. The lowest BCUT2D eigenvalue weighted by molar-refractivity contribution is -0.141. The Balaban J connectivity index is 2.87. The third-order valence-corrected chi connectivity index (χ3v) is 1.72. The van der Waals surface area contributed by atoms with E-state index in [1.165, 1.54) is 4.68 Å². The zero-order valence-electron chi connectivity index (χ0n) is 7.19. The molecule has 1 aromatic heterocycles. The molecular formula is C8H12N2O2. The van der Waals surface area contributed by atoms with Crippen LogP contribution in [0, 0.1) is 6.92 Å². The number of hydrogen-bond acceptors (Lipinski definition) is 2. The van der Waals surface area contributed by atoms with Crippen molar-refractivity contribution in [2.75, 3.05) is 0 Å². The maximum atomic E-state index is 10.7. The number of aryl methyl sites for hydroxylation is 1. The molecule has 12 heavy (non-hydrogen) atoms. The normalized spacial score (nSPS) is 12.8. The van der Waals surface area contributed by atoms with Crippen LogP contribution in [0.4, 0.5) is 0 Å². The van der Waals surface area contributed by atoms with E-state index in [0.29, 0.717) is 6.42 Å². The molecule has 0 spiro atoms. The zero-order chi connectivity index (χ0) is 9.14. The van der Waals surface area contributed by atoms with E-state index >= 15 is 0 Å². The quantitative estimate of drug-likeness (QED) is 0.738. The molecule has 66 valence electrons. The fourth-order valence-corrected chi connectivity index (χ4v) is 1.08. The van der Waals surface area contributed by atoms with E-state index in [2.05, 4.69) is 5.10 Å². The van der Waals surface area contributed by atoms with Crippen LogP contribution in [0.3, 0.4) is 0 Å². The SMILES string of the molecule is CC[C@@H](C(=O)O)n1cc(C)cn1. The molecule has 0 bridgehead atoms. The van der Waals surface area contributed by atoms with Crippen LogP contribution in [-0.2, 0) is 4.79 Å². The van der Waals surface area contributed by atoms with Gasteiger partial charge in [0.15, 0.2) is 0 Å². The summed E-state index contributed by atoms with van der Waals surface area (Å²) in [5.74, 6) is -0.833. The van der Waals surface area contributed by atoms with E-state index in [-0.39, 0.29) is 0 Å². The molecule has 4 nitrogen and oxygen atoms in total. The van der Waals surface area contributed by atoms with Gasteiger partial charge in [-0.3, -0.25) is 4.68 Å². The van der Waals surface area contributed by atoms with Gasteiger partial charge >= 0.3 is 5.97 Å². The first-order chi connectivity index (χ1) is 5.65. The van der Waals surface area contributed by atoms with Crippen LogP contribution in [0.5, 0.6) is 0 Å². The predicted molar refractivity (Wildman–Crippen MR) is 43.9 cm³/mol. The smallest absolute Gasteiger partial charge is 0.328 e. The third-order valence-electron chi connectivity index (χ3n) is 1.72. The van der Waals surface area contributed by atoms with E-state index in [1.54, 1.807) is 12.4 Å². The molecule has 1 N–H and O–H groups in total. The molecule has 0 amide bonds. The summed E-state index contributed by atoms with van der Waals surface area (Å²) in [6.07, 6.45) is 3.95. The summed E-state index contributed by atoms with van der Waals surface area (Å²) in [6, 6.07) is -0.529. The van der Waals surface area contributed by atoms with Crippen LogP contribution in [0.2, 0.25) is 0 Å². The lowest BCUT2D eigenvalue weighted by Gasteiger charge is -2.08. The first-order valence-corrected chi connectivity index (χ1v) is 3.88. The van der Waals surface area contributed by atoms with Crippen LogP contribution < -0.4 is 0 Å². The Morgan fingerprint density at radius 3 is 2.83 bits per heavy atom. The lowest BCUT2D eigenvalue weighted by Crippen LogP contribution is -2.18. The molecule has 0 fully saturated rings. The fraction of sp³-hybridized carbons (Fsp3) is 0.500. The summed E-state index contributed by atoms with van der Waals surface area (Å²) < 4.78 is 1.48. The van der Waals surface area contributed by atoms with E-state index in [9.17, 15) is 4.79 Å². The Labute approximate surface area is 70.8 Å². The first kappa shape index (κ1) is 8.77. The van der Waals surface area contributed by atoms with Crippen molar-refractivity contribution in [3.05, 3.63) is 18.0 Å². The minimum absolute atomic E-state index is 0.529. The van der Waals surface area contributed by atoms with Crippen LogP contribution in [0.15, 0.2) is 12.4 Å². The van der Waals surface area contributed by atoms with Crippen molar-refractivity contribution in [3.63, 3.8) is 0 Å². The summed E-state index contributed by atoms with van der Waals surface area (Å²) in [6.45, 7) is 3.72. The van der Waals surface area contributed by atoms with Gasteiger partial charge in [0.05, 0.1) is 6.20 Å². The second-order valence-electron chi connectivity index (χ2n) is 2.76. The molecule has 1 rings (SSSR count). The van der Waals surface area contributed by atoms with E-state index in [0.717, 1.165) is 5.56 Å². The largest absolute Gasteiger partial charge is 0.480 e. The maximum absolute atomic E-state index is 10.7. The van der Waals surface area contributed by atoms with E-state index in [1.807, 2.05) is 13.8 Å². The van der Waals surface area contributed by atoms with E-state index in [4.69, 9.17) is 5.11 Å². The second-order valence-corrected chi connectivity index (χ2v) is 2.76. The van der Waals surface area contributed by atoms with Gasteiger partial charge in [-0.1, -0.05) is 6.92 Å². The standard InChI is InChI=1S/C8H12N2O2/c1-3-7(8(11)12)10-5-6(2)4-9-10/h4-5,7H,3H2,1-2H3,(H,11,12)/t7-/m0/s1. The van der Waals surface area contributed by atoms with Gasteiger partial charge < -0.3 is 5.11 Å². The zero-order valence-corrected chi connectivity index (χ0v) is 7.19. The number of carbonyl (C=O) groups is 1. The van der Waals surface area contributed by atoms with Crippen molar-refractivity contribution >= 4 is 5.97 Å². The molecule has 0 aliphatic carbocycles. The van der Waals surface area contributed by atoms with Crippen molar-refractivity contribution < 1.29 is 9.90 Å². The summed E-state index contributed by atoms with van der Waals surface area (Å²) in [4.78, 5) is 10.7. The molecule has 1 aromatic rings. The highest BCUT2D eigenvalue weighted by Gasteiger charge is 2.16. The van der Waals surface area contributed by atoms with Gasteiger partial charge in [-0.15, -0.1) is 0 Å². The summed E-state index contributed by atoms with van der Waals surface area (Å²) in [5.41, 5.74) is 0.981. The molecule has 0 radical (unpaired) electrons. The molecule has 0 saturated heterocycles. The molecule has 1 heterocycles. The number of hydrogen-bond donors (Lipinski definition) is 1. The van der Waals surface area contributed by atoms with Crippen LogP contribution in [-0.4, -0.2) is 20.9 Å². The average molecular weight is 168 g/mol. The maximum Gasteiger partial charge on any atom is 0.328 e. The Morgan fingerprint density at radius 2 is 2.50 bits per heavy atom. The van der Waals surface area contributed by atoms with Gasteiger partial charge in [-0.2, -0.15) is 5.10 Å². The number of rotatable bonds is 3. The number of aliphatic carboxylic acids is 1. The highest BCUT2D eigenvalue weighted by molar-refractivity contribution is 5.71. The molecule has 1 atom stereocenters. The molecule has 0 unspecified atom stereocenters. The Bertz CT molecular complexity index is 280. The number of carboxylic acid groups (broad SMARTS) is 1. The summed E-state index contributed by atoms with van der Waals surface area (Å²) >= 11 is 0. The van der Waals surface area contributed by atoms with Crippen molar-refractivity contribution in [1.82, 2.24) is 9.78 Å². The minimum atomic E-state index is -0.833. The number of aromatic nitrogens is 2. The van der Waals surface area contributed by atoms with Gasteiger partial charge in [-0.05, 0) is 18.9 Å². The highest BCUT2D eigenvalue weighted by atomic mass is 16.4. The highest BCUT2D eigenvalue weighted by Crippen LogP contribution is 2.10. The topological polar surface area (TPSA) is 55.1 Å². The van der Waals surface area contributed by atoms with E-state index < -0.39 is 12.0 Å². The lowest BCUT2D eigenvalue weighted by atomic mass is 10.2. The van der Waals surface area contributed by atoms with Gasteiger partial charge in [0.1, 0.15) is 6.04 Å². The molecule has 0 aliphatic rings. The molecule has 0 aliphatic heterocycles. The van der Waals surface area contributed by atoms with Crippen molar-refractivity contribution in [3.8, 4) is 0 Å². The Hall–Kier alpha value is -1.32. The van der Waals surface area contributed by atoms with Crippen LogP contribution in [0.25, 0.3) is 0 Å². The first-order valence-electron chi connectivity index (χ1n) is 3.88. The van der Waals surface area contributed by atoms with Crippen molar-refractivity contribution in [2.45, 2.75) is 26.3 Å². The summed E-state index contributed by atoms with van der Waals surface area (Å²) in [7, 11) is 0. The van der Waals surface area contributed by atoms with Crippen molar-refractivity contribution in [2.24, 2.45) is 0 Å². The van der Waals surface area contributed by atoms with Gasteiger partial charge in [0, 0.05) is 6.20 Å². The molecule has 4 heteroatoms.